The Labute approximate surface area is 160 Å². The van der Waals surface area contributed by atoms with Crippen molar-refractivity contribution in [2.24, 2.45) is 0 Å². The van der Waals surface area contributed by atoms with Gasteiger partial charge in [-0.2, -0.15) is 0 Å². The number of nitrogens with zero attached hydrogens (tertiary/aromatic N) is 1. The van der Waals surface area contributed by atoms with E-state index in [-0.39, 0.29) is 6.04 Å². The molecule has 0 saturated carbocycles. The summed E-state index contributed by atoms with van der Waals surface area (Å²) in [5.74, 6) is 1.62. The smallest absolute Gasteiger partial charge is 0.125 e. The number of aliphatic hydroxyl groups is 1. The van der Waals surface area contributed by atoms with Gasteiger partial charge in [0.2, 0.25) is 0 Å². The van der Waals surface area contributed by atoms with Gasteiger partial charge >= 0.3 is 0 Å². The van der Waals surface area contributed by atoms with E-state index in [1.807, 2.05) is 36.4 Å². The second kappa shape index (κ2) is 8.30. The molecular formula is C22H27NO4. The fourth-order valence-corrected chi connectivity index (χ4v) is 3.92. The topological polar surface area (TPSA) is 51.2 Å². The van der Waals surface area contributed by atoms with E-state index in [2.05, 4.69) is 11.0 Å². The number of benzene rings is 2. The molecule has 1 N–H and O–H groups in total. The predicted octanol–water partition coefficient (Wildman–Crippen LogP) is 3.27. The quantitative estimate of drug-likeness (QED) is 0.792. The van der Waals surface area contributed by atoms with Crippen LogP contribution >= 0.6 is 0 Å². The molecule has 0 amide bonds. The minimum absolute atomic E-state index is 0.0642. The molecule has 2 atom stereocenters. The molecule has 1 fully saturated rings. The number of hydrogen-bond acceptors (Lipinski definition) is 5. The van der Waals surface area contributed by atoms with E-state index in [1.54, 1.807) is 7.11 Å². The Bertz CT molecular complexity index is 755. The molecule has 2 unspecified atom stereocenters. The highest BCUT2D eigenvalue weighted by molar-refractivity contribution is 5.67. The average Bonchev–Trinajstić information content (AvgIpc) is 3.23. The van der Waals surface area contributed by atoms with E-state index in [0.29, 0.717) is 19.8 Å². The highest BCUT2D eigenvalue weighted by atomic mass is 16.5. The lowest BCUT2D eigenvalue weighted by molar-refractivity contribution is 0.0140. The van der Waals surface area contributed by atoms with Crippen LogP contribution < -0.4 is 9.47 Å². The van der Waals surface area contributed by atoms with Crippen molar-refractivity contribution in [3.05, 3.63) is 48.0 Å². The van der Waals surface area contributed by atoms with E-state index >= 15 is 0 Å². The molecule has 2 heterocycles. The van der Waals surface area contributed by atoms with Crippen molar-refractivity contribution < 1.29 is 19.3 Å². The summed E-state index contributed by atoms with van der Waals surface area (Å²) in [6.07, 6.45) is 1.93. The molecule has 2 aromatic carbocycles. The largest absolute Gasteiger partial charge is 0.491 e. The standard InChI is InChI=1S/C22H27NO4/c1-25-12-13-26-18-7-4-16(5-8-18)17-6-9-19-21(14-17)27-15-20(22(19)24)23-10-2-3-11-23/h4-9,14,20,22,24H,2-3,10-13,15H2,1H3. The van der Waals surface area contributed by atoms with Crippen molar-refractivity contribution in [1.29, 1.82) is 0 Å². The van der Waals surface area contributed by atoms with Gasteiger partial charge in [-0.3, -0.25) is 4.90 Å². The zero-order valence-corrected chi connectivity index (χ0v) is 15.8. The molecule has 2 aliphatic rings. The number of aliphatic hydroxyl groups excluding tert-OH is 1. The molecule has 0 radical (unpaired) electrons. The zero-order valence-electron chi connectivity index (χ0n) is 15.8. The monoisotopic (exact) mass is 369 g/mol. The van der Waals surface area contributed by atoms with Gasteiger partial charge in [-0.1, -0.05) is 24.3 Å². The third-order valence-electron chi connectivity index (χ3n) is 5.46. The molecule has 0 aliphatic carbocycles. The van der Waals surface area contributed by atoms with E-state index in [4.69, 9.17) is 14.2 Å². The van der Waals surface area contributed by atoms with Gasteiger partial charge < -0.3 is 19.3 Å². The van der Waals surface area contributed by atoms with Crippen LogP contribution in [-0.2, 0) is 4.74 Å². The lowest BCUT2D eigenvalue weighted by Crippen LogP contribution is -2.44. The van der Waals surface area contributed by atoms with Crippen LogP contribution in [0, 0.1) is 0 Å². The number of rotatable bonds is 6. The van der Waals surface area contributed by atoms with Crippen LogP contribution in [0.15, 0.2) is 42.5 Å². The van der Waals surface area contributed by atoms with Crippen molar-refractivity contribution >= 4 is 0 Å². The Hall–Kier alpha value is -2.08. The molecule has 0 aromatic heterocycles. The number of fused-ring (bicyclic) bond motifs is 1. The molecule has 0 spiro atoms. The van der Waals surface area contributed by atoms with Crippen LogP contribution in [-0.4, -0.2) is 56.1 Å². The van der Waals surface area contributed by atoms with Gasteiger partial charge in [0.05, 0.1) is 12.6 Å². The summed E-state index contributed by atoms with van der Waals surface area (Å²) in [6.45, 7) is 3.77. The fraction of sp³-hybridized carbons (Fsp3) is 0.455. The van der Waals surface area contributed by atoms with E-state index in [1.165, 1.54) is 12.8 Å². The summed E-state index contributed by atoms with van der Waals surface area (Å²) in [6, 6.07) is 14.1. The average molecular weight is 369 g/mol. The summed E-state index contributed by atoms with van der Waals surface area (Å²) >= 11 is 0. The van der Waals surface area contributed by atoms with Crippen LogP contribution in [0.25, 0.3) is 11.1 Å². The third-order valence-corrected chi connectivity index (χ3v) is 5.46. The van der Waals surface area contributed by atoms with Crippen LogP contribution in [0.2, 0.25) is 0 Å². The second-order valence-electron chi connectivity index (χ2n) is 7.18. The molecule has 5 nitrogen and oxygen atoms in total. The van der Waals surface area contributed by atoms with Crippen molar-refractivity contribution in [1.82, 2.24) is 4.90 Å². The molecule has 2 aromatic rings. The molecule has 144 valence electrons. The highest BCUT2D eigenvalue weighted by Crippen LogP contribution is 2.38. The lowest BCUT2D eigenvalue weighted by atomic mass is 9.95. The summed E-state index contributed by atoms with van der Waals surface area (Å²) in [4.78, 5) is 2.35. The van der Waals surface area contributed by atoms with E-state index in [0.717, 1.165) is 41.3 Å². The first kappa shape index (κ1) is 18.3. The third kappa shape index (κ3) is 3.95. The number of hydrogen-bond donors (Lipinski definition) is 1. The maximum absolute atomic E-state index is 10.8. The molecular weight excluding hydrogens is 342 g/mol. The Morgan fingerprint density at radius 1 is 1.04 bits per heavy atom. The van der Waals surface area contributed by atoms with E-state index in [9.17, 15) is 5.11 Å². The summed E-state index contributed by atoms with van der Waals surface area (Å²) in [5.41, 5.74) is 3.06. The molecule has 2 aliphatic heterocycles. The van der Waals surface area contributed by atoms with Crippen LogP contribution in [0.1, 0.15) is 24.5 Å². The Morgan fingerprint density at radius 2 is 1.78 bits per heavy atom. The minimum atomic E-state index is -0.488. The van der Waals surface area contributed by atoms with Gasteiger partial charge in [-0.05, 0) is 55.3 Å². The van der Waals surface area contributed by atoms with Crippen LogP contribution in [0.5, 0.6) is 11.5 Å². The van der Waals surface area contributed by atoms with Gasteiger partial charge in [0.25, 0.3) is 0 Å². The predicted molar refractivity (Wildman–Crippen MR) is 104 cm³/mol. The number of ether oxygens (including phenoxy) is 3. The maximum Gasteiger partial charge on any atom is 0.125 e. The Kier molecular flexibility index (Phi) is 5.62. The molecule has 27 heavy (non-hydrogen) atoms. The molecule has 0 bridgehead atoms. The first-order chi connectivity index (χ1) is 13.3. The van der Waals surface area contributed by atoms with Gasteiger partial charge in [-0.25, -0.2) is 0 Å². The Balaban J connectivity index is 1.48. The van der Waals surface area contributed by atoms with Crippen molar-refractivity contribution in [2.45, 2.75) is 25.0 Å². The van der Waals surface area contributed by atoms with Crippen LogP contribution in [0.4, 0.5) is 0 Å². The van der Waals surface area contributed by atoms with Crippen molar-refractivity contribution in [2.75, 3.05) is 40.0 Å². The summed E-state index contributed by atoms with van der Waals surface area (Å²) in [5, 5.41) is 10.8. The first-order valence-electron chi connectivity index (χ1n) is 9.67. The van der Waals surface area contributed by atoms with Gasteiger partial charge in [0, 0.05) is 12.7 Å². The number of likely N-dealkylation sites (tertiary alicyclic amines) is 1. The number of methoxy groups -OCH3 is 1. The van der Waals surface area contributed by atoms with Crippen molar-refractivity contribution in [3.8, 4) is 22.6 Å². The van der Waals surface area contributed by atoms with Gasteiger partial charge in [0.1, 0.15) is 30.8 Å². The lowest BCUT2D eigenvalue weighted by Gasteiger charge is -2.36. The summed E-state index contributed by atoms with van der Waals surface area (Å²) < 4.78 is 16.6. The SMILES string of the molecule is COCCOc1ccc(-c2ccc3c(c2)OCC(N2CCCC2)C3O)cc1. The van der Waals surface area contributed by atoms with E-state index < -0.39 is 6.10 Å². The maximum atomic E-state index is 10.8. The fourth-order valence-electron chi connectivity index (χ4n) is 3.92. The Morgan fingerprint density at radius 3 is 2.52 bits per heavy atom. The molecule has 5 heteroatoms. The van der Waals surface area contributed by atoms with Gasteiger partial charge in [0.15, 0.2) is 0 Å². The van der Waals surface area contributed by atoms with Crippen molar-refractivity contribution in [3.63, 3.8) is 0 Å². The molecule has 1 saturated heterocycles. The normalized spacial score (nSPS) is 22.3. The first-order valence-corrected chi connectivity index (χ1v) is 9.67. The highest BCUT2D eigenvalue weighted by Gasteiger charge is 2.34. The minimum Gasteiger partial charge on any atom is -0.491 e. The van der Waals surface area contributed by atoms with Crippen LogP contribution in [0.3, 0.4) is 0 Å². The molecule has 4 rings (SSSR count). The zero-order chi connectivity index (χ0) is 18.6. The summed E-state index contributed by atoms with van der Waals surface area (Å²) in [7, 11) is 1.66. The second-order valence-corrected chi connectivity index (χ2v) is 7.18. The van der Waals surface area contributed by atoms with Gasteiger partial charge in [-0.15, -0.1) is 0 Å².